The maximum absolute atomic E-state index is 12.1. The fourth-order valence-electron chi connectivity index (χ4n) is 1.63. The molecule has 1 heterocycles. The molecule has 5 nitrogen and oxygen atoms in total. The summed E-state index contributed by atoms with van der Waals surface area (Å²) in [5.41, 5.74) is 2.10. The Hall–Kier alpha value is -1.92. The lowest BCUT2D eigenvalue weighted by atomic mass is 10.2. The van der Waals surface area contributed by atoms with Crippen LogP contribution in [0.3, 0.4) is 0 Å². The van der Waals surface area contributed by atoms with Crippen molar-refractivity contribution in [1.82, 2.24) is 4.98 Å². The van der Waals surface area contributed by atoms with Crippen LogP contribution < -0.4 is 10.2 Å². The van der Waals surface area contributed by atoms with Crippen molar-refractivity contribution in [3.8, 4) is 0 Å². The summed E-state index contributed by atoms with van der Waals surface area (Å²) in [7, 11) is 3.85. The second kappa shape index (κ2) is 6.02. The second-order valence-electron chi connectivity index (χ2n) is 4.65. The molecule has 0 aliphatic rings. The highest BCUT2D eigenvalue weighted by atomic mass is 32.1. The van der Waals surface area contributed by atoms with Gasteiger partial charge in [0.2, 0.25) is 0 Å². The Kier molecular flexibility index (Phi) is 4.36. The molecule has 1 amide bonds. The fraction of sp³-hybridized carbons (Fsp3) is 0.286. The van der Waals surface area contributed by atoms with Crippen LogP contribution in [0.4, 0.5) is 10.8 Å². The maximum Gasteiger partial charge on any atom is 0.257 e. The molecule has 0 aliphatic carbocycles. The Labute approximate surface area is 121 Å². The van der Waals surface area contributed by atoms with Gasteiger partial charge in [-0.05, 0) is 25.1 Å². The van der Waals surface area contributed by atoms with E-state index in [1.54, 1.807) is 18.4 Å². The molecule has 0 saturated carbocycles. The van der Waals surface area contributed by atoms with E-state index in [4.69, 9.17) is 0 Å². The molecule has 106 valence electrons. The standard InChI is InChI=1S/C14H17N3O2S/c1-9(18)12-8-20-14(15-12)16-13(19)10-5-4-6-11(7-10)17(2)3/h4-9,18H,1-3H3,(H,15,16,19). The van der Waals surface area contributed by atoms with Crippen LogP contribution in [-0.2, 0) is 0 Å². The summed E-state index contributed by atoms with van der Waals surface area (Å²) in [6, 6.07) is 7.35. The van der Waals surface area contributed by atoms with Crippen LogP contribution in [0.2, 0.25) is 0 Å². The molecule has 0 fully saturated rings. The number of carbonyl (C=O) groups is 1. The molecule has 2 rings (SSSR count). The highest BCUT2D eigenvalue weighted by Crippen LogP contribution is 2.21. The number of rotatable bonds is 4. The van der Waals surface area contributed by atoms with Crippen LogP contribution >= 0.6 is 11.3 Å². The van der Waals surface area contributed by atoms with Gasteiger partial charge in [-0.2, -0.15) is 0 Å². The fourth-order valence-corrected chi connectivity index (χ4v) is 2.42. The van der Waals surface area contributed by atoms with Crippen LogP contribution in [0.25, 0.3) is 0 Å². The topological polar surface area (TPSA) is 65.5 Å². The molecule has 0 bridgehead atoms. The van der Waals surface area contributed by atoms with Crippen LogP contribution in [0, 0.1) is 0 Å². The summed E-state index contributed by atoms with van der Waals surface area (Å²) in [5.74, 6) is -0.208. The smallest absolute Gasteiger partial charge is 0.257 e. The van der Waals surface area contributed by atoms with Gasteiger partial charge in [0.1, 0.15) is 0 Å². The molecule has 20 heavy (non-hydrogen) atoms. The molecule has 0 radical (unpaired) electrons. The Balaban J connectivity index is 2.13. The number of benzene rings is 1. The zero-order valence-electron chi connectivity index (χ0n) is 11.6. The SMILES string of the molecule is CC(O)c1csc(NC(=O)c2cccc(N(C)C)c2)n1. The molecule has 6 heteroatoms. The van der Waals surface area contributed by atoms with Gasteiger partial charge in [-0.25, -0.2) is 4.98 Å². The van der Waals surface area contributed by atoms with E-state index in [-0.39, 0.29) is 5.91 Å². The van der Waals surface area contributed by atoms with Gasteiger partial charge >= 0.3 is 0 Å². The first-order valence-electron chi connectivity index (χ1n) is 6.19. The number of aliphatic hydroxyl groups is 1. The Morgan fingerprint density at radius 3 is 2.80 bits per heavy atom. The number of carbonyl (C=O) groups excluding carboxylic acids is 1. The molecule has 2 N–H and O–H groups in total. The number of hydrogen-bond acceptors (Lipinski definition) is 5. The Bertz CT molecular complexity index is 608. The number of aliphatic hydroxyl groups excluding tert-OH is 1. The molecule has 1 atom stereocenters. The van der Waals surface area contributed by atoms with E-state index in [9.17, 15) is 9.90 Å². The zero-order valence-corrected chi connectivity index (χ0v) is 12.4. The first-order chi connectivity index (χ1) is 9.47. The van der Waals surface area contributed by atoms with Gasteiger partial charge in [0.15, 0.2) is 5.13 Å². The van der Waals surface area contributed by atoms with Gasteiger partial charge in [0.05, 0.1) is 11.8 Å². The lowest BCUT2D eigenvalue weighted by molar-refractivity contribution is 0.102. The van der Waals surface area contributed by atoms with E-state index in [0.717, 1.165) is 5.69 Å². The van der Waals surface area contributed by atoms with Crippen LogP contribution in [0.1, 0.15) is 29.1 Å². The minimum Gasteiger partial charge on any atom is -0.387 e. The zero-order chi connectivity index (χ0) is 14.7. The van der Waals surface area contributed by atoms with Crippen molar-refractivity contribution in [1.29, 1.82) is 0 Å². The number of thiazole rings is 1. The van der Waals surface area contributed by atoms with Crippen molar-refractivity contribution in [3.63, 3.8) is 0 Å². The molecule has 1 aromatic carbocycles. The number of hydrogen-bond donors (Lipinski definition) is 2. The normalized spacial score (nSPS) is 12.0. The molecule has 2 aromatic rings. The quantitative estimate of drug-likeness (QED) is 0.908. The van der Waals surface area contributed by atoms with Gasteiger partial charge in [0.25, 0.3) is 5.91 Å². The summed E-state index contributed by atoms with van der Waals surface area (Å²) >= 11 is 1.30. The summed E-state index contributed by atoms with van der Waals surface area (Å²) < 4.78 is 0. The molecule has 0 saturated heterocycles. The minimum absolute atomic E-state index is 0.208. The maximum atomic E-state index is 12.1. The number of nitrogens with zero attached hydrogens (tertiary/aromatic N) is 2. The Morgan fingerprint density at radius 2 is 2.20 bits per heavy atom. The summed E-state index contributed by atoms with van der Waals surface area (Å²) in [6.45, 7) is 1.64. The summed E-state index contributed by atoms with van der Waals surface area (Å²) in [5, 5.41) is 14.4. The predicted molar refractivity (Wildman–Crippen MR) is 81.5 cm³/mol. The molecule has 0 aliphatic heterocycles. The van der Waals surface area contributed by atoms with Crippen LogP contribution in [0.5, 0.6) is 0 Å². The van der Waals surface area contributed by atoms with Gasteiger partial charge in [0, 0.05) is 30.7 Å². The molecule has 1 aromatic heterocycles. The summed E-state index contributed by atoms with van der Waals surface area (Å²) in [6.07, 6.45) is -0.631. The number of amides is 1. The van der Waals surface area contributed by atoms with Crippen molar-refractivity contribution in [2.45, 2.75) is 13.0 Å². The van der Waals surface area contributed by atoms with Crippen LogP contribution in [0.15, 0.2) is 29.6 Å². The largest absolute Gasteiger partial charge is 0.387 e. The van der Waals surface area contributed by atoms with Crippen molar-refractivity contribution in [2.24, 2.45) is 0 Å². The third kappa shape index (κ3) is 3.34. The predicted octanol–water partition coefficient (Wildman–Crippen LogP) is 2.51. The van der Waals surface area contributed by atoms with Crippen molar-refractivity contribution in [2.75, 3.05) is 24.3 Å². The van der Waals surface area contributed by atoms with E-state index in [0.29, 0.717) is 16.4 Å². The number of anilines is 2. The first kappa shape index (κ1) is 14.5. The van der Waals surface area contributed by atoms with E-state index in [1.807, 2.05) is 37.2 Å². The molecule has 1 unspecified atom stereocenters. The molecule has 0 spiro atoms. The number of aromatic nitrogens is 1. The van der Waals surface area contributed by atoms with E-state index >= 15 is 0 Å². The summed E-state index contributed by atoms with van der Waals surface area (Å²) in [4.78, 5) is 18.2. The monoisotopic (exact) mass is 291 g/mol. The highest BCUT2D eigenvalue weighted by Gasteiger charge is 2.11. The van der Waals surface area contributed by atoms with Crippen molar-refractivity contribution >= 4 is 28.1 Å². The van der Waals surface area contributed by atoms with Gasteiger partial charge in [-0.15, -0.1) is 11.3 Å². The lowest BCUT2D eigenvalue weighted by Gasteiger charge is -2.13. The molecular formula is C14H17N3O2S. The Morgan fingerprint density at radius 1 is 1.45 bits per heavy atom. The number of nitrogens with one attached hydrogen (secondary N) is 1. The third-order valence-corrected chi connectivity index (χ3v) is 3.57. The highest BCUT2D eigenvalue weighted by molar-refractivity contribution is 7.14. The minimum atomic E-state index is -0.631. The van der Waals surface area contributed by atoms with Crippen LogP contribution in [-0.4, -0.2) is 30.1 Å². The van der Waals surface area contributed by atoms with E-state index < -0.39 is 6.10 Å². The van der Waals surface area contributed by atoms with Crippen molar-refractivity contribution < 1.29 is 9.90 Å². The molecular weight excluding hydrogens is 274 g/mol. The average Bonchev–Trinajstić information content (AvgIpc) is 2.87. The average molecular weight is 291 g/mol. The second-order valence-corrected chi connectivity index (χ2v) is 5.51. The van der Waals surface area contributed by atoms with Crippen molar-refractivity contribution in [3.05, 3.63) is 40.9 Å². The lowest BCUT2D eigenvalue weighted by Crippen LogP contribution is -2.14. The van der Waals surface area contributed by atoms with Gasteiger partial charge in [-0.1, -0.05) is 6.07 Å². The van der Waals surface area contributed by atoms with E-state index in [1.165, 1.54) is 11.3 Å². The van der Waals surface area contributed by atoms with Gasteiger partial charge in [-0.3, -0.25) is 10.1 Å². The first-order valence-corrected chi connectivity index (χ1v) is 7.07. The van der Waals surface area contributed by atoms with Gasteiger partial charge < -0.3 is 10.0 Å². The third-order valence-electron chi connectivity index (χ3n) is 2.80. The van der Waals surface area contributed by atoms with E-state index in [2.05, 4.69) is 10.3 Å².